The largest absolute Gasteiger partial charge is 0.479 e. The molecule has 1 fully saturated rings. The zero-order chi connectivity index (χ0) is 20.7. The molecule has 0 aliphatic carbocycles. The molecule has 8 nitrogen and oxygen atoms in total. The van der Waals surface area contributed by atoms with E-state index in [-0.39, 0.29) is 17.9 Å². The van der Waals surface area contributed by atoms with Gasteiger partial charge in [-0.2, -0.15) is 0 Å². The quantitative estimate of drug-likeness (QED) is 0.714. The number of carbonyl (C=O) groups excluding carboxylic acids is 2. The van der Waals surface area contributed by atoms with Gasteiger partial charge in [0, 0.05) is 13.6 Å². The first-order valence-corrected chi connectivity index (χ1v) is 11.0. The van der Waals surface area contributed by atoms with E-state index in [9.17, 15) is 9.59 Å². The number of benzene rings is 1. The van der Waals surface area contributed by atoms with Crippen LogP contribution in [0.4, 0.5) is 5.69 Å². The van der Waals surface area contributed by atoms with E-state index in [1.807, 2.05) is 47.0 Å². The van der Waals surface area contributed by atoms with E-state index in [4.69, 9.17) is 4.74 Å². The third kappa shape index (κ3) is 3.27. The SMILES string of the molecule is CSc1nnc([C@@H]2CCCN2C(=O)[C@H](C)N2C(=O)[C@H](C)Oc3ccccc32)n1C. The fraction of sp³-hybridized carbons (Fsp3) is 0.500. The Morgan fingerprint density at radius 2 is 2.07 bits per heavy atom. The fourth-order valence-corrected chi connectivity index (χ4v) is 4.64. The minimum atomic E-state index is -0.635. The van der Waals surface area contributed by atoms with Gasteiger partial charge in [-0.25, -0.2) is 0 Å². The van der Waals surface area contributed by atoms with Crippen LogP contribution in [-0.2, 0) is 16.6 Å². The van der Waals surface area contributed by atoms with Gasteiger partial charge in [0.25, 0.3) is 5.91 Å². The number of hydrogen-bond acceptors (Lipinski definition) is 6. The number of fused-ring (bicyclic) bond motifs is 1. The van der Waals surface area contributed by atoms with Crippen molar-refractivity contribution in [2.24, 2.45) is 7.05 Å². The second kappa shape index (κ2) is 7.70. The summed E-state index contributed by atoms with van der Waals surface area (Å²) in [6.07, 6.45) is 3.06. The highest BCUT2D eigenvalue weighted by Crippen LogP contribution is 2.37. The minimum Gasteiger partial charge on any atom is -0.479 e. The molecular weight excluding hydrogens is 390 g/mol. The van der Waals surface area contributed by atoms with Crippen LogP contribution in [0, 0.1) is 0 Å². The van der Waals surface area contributed by atoms with Crippen LogP contribution in [0.2, 0.25) is 0 Å². The Balaban J connectivity index is 1.63. The Bertz CT molecular complexity index is 946. The summed E-state index contributed by atoms with van der Waals surface area (Å²) < 4.78 is 7.66. The third-order valence-corrected chi connectivity index (χ3v) is 6.36. The maximum absolute atomic E-state index is 13.5. The van der Waals surface area contributed by atoms with Crippen molar-refractivity contribution in [2.75, 3.05) is 17.7 Å². The molecule has 2 amide bonds. The normalized spacial score (nSPS) is 22.4. The summed E-state index contributed by atoms with van der Waals surface area (Å²) in [7, 11) is 1.93. The summed E-state index contributed by atoms with van der Waals surface area (Å²) in [5.74, 6) is 1.12. The summed E-state index contributed by atoms with van der Waals surface area (Å²) in [6.45, 7) is 4.14. The van der Waals surface area contributed by atoms with Gasteiger partial charge in [-0.05, 0) is 45.1 Å². The van der Waals surface area contributed by atoms with E-state index < -0.39 is 12.1 Å². The molecule has 0 radical (unpaired) electrons. The fourth-order valence-electron chi connectivity index (χ4n) is 4.15. The Morgan fingerprint density at radius 3 is 2.79 bits per heavy atom. The Labute approximate surface area is 174 Å². The number of amides is 2. The molecule has 2 aromatic rings. The Hall–Kier alpha value is -2.55. The van der Waals surface area contributed by atoms with Gasteiger partial charge in [0.1, 0.15) is 11.8 Å². The summed E-state index contributed by atoms with van der Waals surface area (Å²) in [5.41, 5.74) is 0.635. The van der Waals surface area contributed by atoms with E-state index >= 15 is 0 Å². The highest BCUT2D eigenvalue weighted by atomic mass is 32.2. The number of nitrogens with zero attached hydrogens (tertiary/aromatic N) is 5. The standard InChI is InChI=1S/C20H25N5O3S/c1-12(25-14-8-5-6-10-16(14)28-13(2)19(25)27)18(26)24-11-7-9-15(24)17-21-22-20(29-4)23(17)3/h5-6,8,10,12-13,15H,7,9,11H2,1-4H3/t12-,13-,15-/m0/s1. The molecular formula is C20H25N5O3S. The summed E-state index contributed by atoms with van der Waals surface area (Å²) in [4.78, 5) is 29.8. The summed E-state index contributed by atoms with van der Waals surface area (Å²) in [5, 5.41) is 9.37. The molecule has 3 heterocycles. The molecule has 0 unspecified atom stereocenters. The van der Waals surface area contributed by atoms with Gasteiger partial charge >= 0.3 is 0 Å². The molecule has 154 valence electrons. The molecule has 1 aromatic carbocycles. The maximum Gasteiger partial charge on any atom is 0.268 e. The van der Waals surface area contributed by atoms with Crippen LogP contribution in [0.1, 0.15) is 38.6 Å². The van der Waals surface area contributed by atoms with Crippen molar-refractivity contribution in [2.45, 2.75) is 50.0 Å². The van der Waals surface area contributed by atoms with Gasteiger partial charge in [-0.3, -0.25) is 14.5 Å². The van der Waals surface area contributed by atoms with Crippen molar-refractivity contribution in [3.05, 3.63) is 30.1 Å². The zero-order valence-electron chi connectivity index (χ0n) is 17.0. The van der Waals surface area contributed by atoms with E-state index in [0.717, 1.165) is 23.8 Å². The lowest BCUT2D eigenvalue weighted by Gasteiger charge is -2.38. The second-order valence-electron chi connectivity index (χ2n) is 7.41. The minimum absolute atomic E-state index is 0.0848. The summed E-state index contributed by atoms with van der Waals surface area (Å²) >= 11 is 1.53. The number of likely N-dealkylation sites (tertiary alicyclic amines) is 1. The van der Waals surface area contributed by atoms with Gasteiger partial charge in [-0.15, -0.1) is 10.2 Å². The number of anilines is 1. The maximum atomic E-state index is 13.5. The smallest absolute Gasteiger partial charge is 0.268 e. The van der Waals surface area contributed by atoms with Crippen LogP contribution in [0.5, 0.6) is 5.75 Å². The number of hydrogen-bond donors (Lipinski definition) is 0. The van der Waals surface area contributed by atoms with Gasteiger partial charge in [0.2, 0.25) is 5.91 Å². The van der Waals surface area contributed by atoms with E-state index in [1.165, 1.54) is 11.8 Å². The van der Waals surface area contributed by atoms with Crippen molar-refractivity contribution in [3.63, 3.8) is 0 Å². The number of thioether (sulfide) groups is 1. The first-order chi connectivity index (χ1) is 13.9. The molecule has 1 saturated heterocycles. The molecule has 3 atom stereocenters. The second-order valence-corrected chi connectivity index (χ2v) is 8.18. The van der Waals surface area contributed by atoms with Crippen molar-refractivity contribution in [1.82, 2.24) is 19.7 Å². The molecule has 0 N–H and O–H groups in total. The van der Waals surface area contributed by atoms with E-state index in [0.29, 0.717) is 18.0 Å². The molecule has 0 saturated carbocycles. The van der Waals surface area contributed by atoms with Crippen LogP contribution >= 0.6 is 11.8 Å². The van der Waals surface area contributed by atoms with Crippen LogP contribution in [0.25, 0.3) is 0 Å². The van der Waals surface area contributed by atoms with Crippen LogP contribution in [-0.4, -0.2) is 56.4 Å². The number of ether oxygens (including phenoxy) is 1. The predicted octanol–water partition coefficient (Wildman–Crippen LogP) is 2.40. The van der Waals surface area contributed by atoms with Crippen molar-refractivity contribution < 1.29 is 14.3 Å². The highest BCUT2D eigenvalue weighted by molar-refractivity contribution is 7.98. The van der Waals surface area contributed by atoms with E-state index in [2.05, 4.69) is 10.2 Å². The lowest BCUT2D eigenvalue weighted by molar-refractivity contribution is -0.136. The lowest BCUT2D eigenvalue weighted by atomic mass is 10.1. The van der Waals surface area contributed by atoms with Crippen molar-refractivity contribution >= 4 is 29.3 Å². The average molecular weight is 416 g/mol. The van der Waals surface area contributed by atoms with Crippen LogP contribution in [0.15, 0.2) is 29.4 Å². The zero-order valence-corrected chi connectivity index (χ0v) is 17.8. The molecule has 9 heteroatoms. The van der Waals surface area contributed by atoms with Crippen LogP contribution < -0.4 is 9.64 Å². The van der Waals surface area contributed by atoms with Gasteiger partial charge < -0.3 is 14.2 Å². The molecule has 4 rings (SSSR count). The Morgan fingerprint density at radius 1 is 1.31 bits per heavy atom. The Kier molecular flexibility index (Phi) is 5.24. The number of carbonyl (C=O) groups is 2. The van der Waals surface area contributed by atoms with Crippen LogP contribution in [0.3, 0.4) is 0 Å². The van der Waals surface area contributed by atoms with Crippen molar-refractivity contribution in [1.29, 1.82) is 0 Å². The molecule has 0 spiro atoms. The van der Waals surface area contributed by atoms with Gasteiger partial charge in [-0.1, -0.05) is 23.9 Å². The molecule has 0 bridgehead atoms. The van der Waals surface area contributed by atoms with Crippen molar-refractivity contribution in [3.8, 4) is 5.75 Å². The first-order valence-electron chi connectivity index (χ1n) is 9.76. The number of aromatic nitrogens is 3. The third-order valence-electron chi connectivity index (χ3n) is 5.64. The summed E-state index contributed by atoms with van der Waals surface area (Å²) in [6, 6.07) is 6.58. The van der Waals surface area contributed by atoms with Gasteiger partial charge in [0.05, 0.1) is 11.7 Å². The first kappa shape index (κ1) is 19.8. The van der Waals surface area contributed by atoms with Gasteiger partial charge in [0.15, 0.2) is 17.1 Å². The monoisotopic (exact) mass is 415 g/mol. The average Bonchev–Trinajstić information content (AvgIpc) is 3.34. The highest BCUT2D eigenvalue weighted by Gasteiger charge is 2.42. The van der Waals surface area contributed by atoms with E-state index in [1.54, 1.807) is 18.7 Å². The number of rotatable bonds is 4. The number of para-hydroxylation sites is 2. The topological polar surface area (TPSA) is 80.6 Å². The molecule has 29 heavy (non-hydrogen) atoms. The predicted molar refractivity (Wildman–Crippen MR) is 110 cm³/mol. The lowest BCUT2D eigenvalue weighted by Crippen LogP contribution is -2.54. The molecule has 1 aromatic heterocycles. The molecule has 2 aliphatic heterocycles. The molecule has 2 aliphatic rings.